The molecule has 1 saturated carbocycles. The maximum Gasteiger partial charge on any atom is 0.184 e. The van der Waals surface area contributed by atoms with E-state index < -0.39 is 0 Å². The fourth-order valence-corrected chi connectivity index (χ4v) is 3.66. The molecule has 0 bridgehead atoms. The second kappa shape index (κ2) is 5.87. The van der Waals surface area contributed by atoms with E-state index in [0.717, 1.165) is 15.3 Å². The van der Waals surface area contributed by atoms with Crippen LogP contribution in [0, 0.1) is 5.82 Å². The minimum atomic E-state index is -0.213. The number of nitrogens with zero attached hydrogens (tertiary/aromatic N) is 1. The van der Waals surface area contributed by atoms with E-state index in [-0.39, 0.29) is 5.82 Å². The van der Waals surface area contributed by atoms with Crippen molar-refractivity contribution >= 4 is 26.7 Å². The van der Waals surface area contributed by atoms with Crippen molar-refractivity contribution in [2.45, 2.75) is 51.0 Å². The van der Waals surface area contributed by atoms with Gasteiger partial charge in [0.25, 0.3) is 0 Å². The molecular weight excluding hydrogens is 259 g/mol. The molecule has 1 heterocycles. The maximum absolute atomic E-state index is 13.1. The van der Waals surface area contributed by atoms with Gasteiger partial charge < -0.3 is 5.32 Å². The van der Waals surface area contributed by atoms with Gasteiger partial charge in [-0.05, 0) is 25.0 Å². The SMILES string of the molecule is Fc1ccc2sc(NC3CCCCCCC3)nc2c1. The Labute approximate surface area is 117 Å². The minimum absolute atomic E-state index is 0.213. The van der Waals surface area contributed by atoms with Gasteiger partial charge >= 0.3 is 0 Å². The highest BCUT2D eigenvalue weighted by Gasteiger charge is 2.13. The molecule has 1 fully saturated rings. The van der Waals surface area contributed by atoms with Crippen molar-refractivity contribution in [2.75, 3.05) is 5.32 Å². The molecule has 102 valence electrons. The first kappa shape index (κ1) is 12.9. The summed E-state index contributed by atoms with van der Waals surface area (Å²) in [5.41, 5.74) is 0.762. The lowest BCUT2D eigenvalue weighted by molar-refractivity contribution is 0.471. The van der Waals surface area contributed by atoms with Gasteiger partial charge in [0.15, 0.2) is 5.13 Å². The number of benzene rings is 1. The first-order chi connectivity index (χ1) is 9.31. The summed E-state index contributed by atoms with van der Waals surface area (Å²) in [6, 6.07) is 5.35. The standard InChI is InChI=1S/C15H19FN2S/c16-11-8-9-14-13(10-11)18-15(19-14)17-12-6-4-2-1-3-5-7-12/h8-10,12H,1-7H2,(H,17,18). The lowest BCUT2D eigenvalue weighted by Crippen LogP contribution is -2.20. The molecular formula is C15H19FN2S. The van der Waals surface area contributed by atoms with E-state index in [2.05, 4.69) is 10.3 Å². The summed E-state index contributed by atoms with van der Waals surface area (Å²) in [5.74, 6) is -0.213. The molecule has 1 aliphatic rings. The third-order valence-corrected chi connectivity index (χ3v) is 4.75. The largest absolute Gasteiger partial charge is 0.359 e. The van der Waals surface area contributed by atoms with Crippen molar-refractivity contribution in [1.82, 2.24) is 4.98 Å². The molecule has 1 aromatic heterocycles. The van der Waals surface area contributed by atoms with Crippen LogP contribution in [0.25, 0.3) is 10.2 Å². The molecule has 2 aromatic rings. The molecule has 1 aliphatic carbocycles. The van der Waals surface area contributed by atoms with Crippen molar-refractivity contribution in [1.29, 1.82) is 0 Å². The number of thiazole rings is 1. The van der Waals surface area contributed by atoms with Gasteiger partial charge in [0, 0.05) is 12.1 Å². The second-order valence-corrected chi connectivity index (χ2v) is 6.35. The Hall–Kier alpha value is -1.16. The highest BCUT2D eigenvalue weighted by Crippen LogP contribution is 2.28. The average Bonchev–Trinajstić information content (AvgIpc) is 2.74. The van der Waals surface area contributed by atoms with Gasteiger partial charge in [-0.3, -0.25) is 0 Å². The predicted octanol–water partition coefficient (Wildman–Crippen LogP) is 4.96. The van der Waals surface area contributed by atoms with Crippen molar-refractivity contribution in [2.24, 2.45) is 0 Å². The van der Waals surface area contributed by atoms with Crippen LogP contribution in [0.2, 0.25) is 0 Å². The topological polar surface area (TPSA) is 24.9 Å². The zero-order valence-corrected chi connectivity index (χ0v) is 11.8. The Morgan fingerprint density at radius 3 is 2.63 bits per heavy atom. The van der Waals surface area contributed by atoms with Crippen LogP contribution in [0.1, 0.15) is 44.9 Å². The summed E-state index contributed by atoms with van der Waals surface area (Å²) >= 11 is 1.62. The molecule has 4 heteroatoms. The van der Waals surface area contributed by atoms with Gasteiger partial charge in [0.05, 0.1) is 10.2 Å². The third kappa shape index (κ3) is 3.24. The Bertz CT molecular complexity index is 544. The molecule has 2 nitrogen and oxygen atoms in total. The molecule has 0 atom stereocenters. The predicted molar refractivity (Wildman–Crippen MR) is 79.3 cm³/mol. The Kier molecular flexibility index (Phi) is 3.97. The molecule has 0 saturated heterocycles. The number of fused-ring (bicyclic) bond motifs is 1. The summed E-state index contributed by atoms with van der Waals surface area (Å²) in [5, 5.41) is 4.48. The second-order valence-electron chi connectivity index (χ2n) is 5.32. The molecule has 0 spiro atoms. The number of rotatable bonds is 2. The van der Waals surface area contributed by atoms with Crippen LogP contribution in [-0.4, -0.2) is 11.0 Å². The van der Waals surface area contributed by atoms with E-state index in [9.17, 15) is 4.39 Å². The van der Waals surface area contributed by atoms with Crippen molar-refractivity contribution in [3.8, 4) is 0 Å². The normalized spacial score (nSPS) is 18.2. The van der Waals surface area contributed by atoms with E-state index in [1.807, 2.05) is 6.07 Å². The van der Waals surface area contributed by atoms with Gasteiger partial charge in [0.2, 0.25) is 0 Å². The summed E-state index contributed by atoms with van der Waals surface area (Å²) in [6.45, 7) is 0. The summed E-state index contributed by atoms with van der Waals surface area (Å²) in [6.07, 6.45) is 9.14. The van der Waals surface area contributed by atoms with Crippen molar-refractivity contribution in [3.63, 3.8) is 0 Å². The van der Waals surface area contributed by atoms with Crippen molar-refractivity contribution in [3.05, 3.63) is 24.0 Å². The van der Waals surface area contributed by atoms with Crippen LogP contribution in [0.15, 0.2) is 18.2 Å². The third-order valence-electron chi connectivity index (χ3n) is 3.78. The van der Waals surface area contributed by atoms with Crippen LogP contribution < -0.4 is 5.32 Å². The first-order valence-electron chi connectivity index (χ1n) is 7.14. The van der Waals surface area contributed by atoms with Crippen LogP contribution >= 0.6 is 11.3 Å². The van der Waals surface area contributed by atoms with Gasteiger partial charge in [-0.25, -0.2) is 9.37 Å². The quantitative estimate of drug-likeness (QED) is 0.839. The molecule has 0 radical (unpaired) electrons. The van der Waals surface area contributed by atoms with Crippen LogP contribution in [-0.2, 0) is 0 Å². The maximum atomic E-state index is 13.1. The van der Waals surface area contributed by atoms with Crippen LogP contribution in [0.4, 0.5) is 9.52 Å². The summed E-state index contributed by atoms with van der Waals surface area (Å²) in [7, 11) is 0. The number of nitrogens with one attached hydrogen (secondary N) is 1. The molecule has 1 aromatic carbocycles. The molecule has 0 unspecified atom stereocenters. The molecule has 0 amide bonds. The lowest BCUT2D eigenvalue weighted by atomic mass is 9.97. The Morgan fingerprint density at radius 1 is 1.11 bits per heavy atom. The first-order valence-corrected chi connectivity index (χ1v) is 7.95. The highest BCUT2D eigenvalue weighted by molar-refractivity contribution is 7.22. The zero-order chi connectivity index (χ0) is 13.1. The molecule has 3 rings (SSSR count). The number of hydrogen-bond donors (Lipinski definition) is 1. The minimum Gasteiger partial charge on any atom is -0.359 e. The number of hydrogen-bond acceptors (Lipinski definition) is 3. The molecule has 19 heavy (non-hydrogen) atoms. The van der Waals surface area contributed by atoms with E-state index in [0.29, 0.717) is 6.04 Å². The monoisotopic (exact) mass is 278 g/mol. The smallest absolute Gasteiger partial charge is 0.184 e. The van der Waals surface area contributed by atoms with Crippen LogP contribution in [0.5, 0.6) is 0 Å². The number of halogens is 1. The van der Waals surface area contributed by atoms with Gasteiger partial charge in [0.1, 0.15) is 5.82 Å². The van der Waals surface area contributed by atoms with E-state index in [4.69, 9.17) is 0 Å². The average molecular weight is 278 g/mol. The van der Waals surface area contributed by atoms with E-state index in [1.54, 1.807) is 11.3 Å². The number of aromatic nitrogens is 1. The van der Waals surface area contributed by atoms with Gasteiger partial charge in [-0.2, -0.15) is 0 Å². The van der Waals surface area contributed by atoms with Crippen molar-refractivity contribution < 1.29 is 4.39 Å². The summed E-state index contributed by atoms with van der Waals surface area (Å²) < 4.78 is 14.2. The fraction of sp³-hybridized carbons (Fsp3) is 0.533. The van der Waals surface area contributed by atoms with Crippen LogP contribution in [0.3, 0.4) is 0 Å². The fourth-order valence-electron chi connectivity index (χ4n) is 2.74. The zero-order valence-electron chi connectivity index (χ0n) is 11.0. The highest BCUT2D eigenvalue weighted by atomic mass is 32.1. The van der Waals surface area contributed by atoms with E-state index in [1.165, 1.54) is 57.1 Å². The van der Waals surface area contributed by atoms with Gasteiger partial charge in [-0.15, -0.1) is 0 Å². The molecule has 1 N–H and O–H groups in total. The summed E-state index contributed by atoms with van der Waals surface area (Å²) in [4.78, 5) is 4.49. The lowest BCUT2D eigenvalue weighted by Gasteiger charge is -2.20. The van der Waals surface area contributed by atoms with E-state index >= 15 is 0 Å². The Morgan fingerprint density at radius 2 is 1.84 bits per heavy atom. The number of anilines is 1. The van der Waals surface area contributed by atoms with Gasteiger partial charge in [-0.1, -0.05) is 43.4 Å². The molecule has 0 aliphatic heterocycles. The Balaban J connectivity index is 1.72.